The van der Waals surface area contributed by atoms with Crippen molar-refractivity contribution in [2.24, 2.45) is 0 Å². The lowest BCUT2D eigenvalue weighted by Gasteiger charge is -2.00. The highest BCUT2D eigenvalue weighted by molar-refractivity contribution is 5.97. The normalized spacial score (nSPS) is 9.10. The molecule has 0 atom stereocenters. The monoisotopic (exact) mass is 274 g/mol. The summed E-state index contributed by atoms with van der Waals surface area (Å²) in [6.45, 7) is 0. The number of carbonyl (C=O) groups excluding carboxylic acids is 3. The van der Waals surface area contributed by atoms with E-state index in [-0.39, 0.29) is 18.6 Å². The topological polar surface area (TPSA) is 69.7 Å². The van der Waals surface area contributed by atoms with Gasteiger partial charge in [0, 0.05) is 23.5 Å². The zero-order valence-electron chi connectivity index (χ0n) is 11.3. The highest BCUT2D eigenvalue weighted by Crippen LogP contribution is 2.08. The molecule has 104 valence electrons. The molecule has 5 nitrogen and oxygen atoms in total. The molecule has 0 saturated heterocycles. The molecule has 0 saturated carbocycles. The van der Waals surface area contributed by atoms with Crippen LogP contribution < -0.4 is 0 Å². The summed E-state index contributed by atoms with van der Waals surface area (Å²) in [5, 5.41) is 0. The fourth-order valence-electron chi connectivity index (χ4n) is 1.38. The Morgan fingerprint density at radius 2 is 1.65 bits per heavy atom. The van der Waals surface area contributed by atoms with Crippen molar-refractivity contribution in [2.45, 2.75) is 12.8 Å². The van der Waals surface area contributed by atoms with Crippen LogP contribution in [0.5, 0.6) is 0 Å². The fraction of sp³-hybridized carbons (Fsp3) is 0.267. The Labute approximate surface area is 116 Å². The van der Waals surface area contributed by atoms with Crippen LogP contribution in [0.4, 0.5) is 0 Å². The van der Waals surface area contributed by atoms with E-state index in [9.17, 15) is 14.4 Å². The molecule has 0 amide bonds. The van der Waals surface area contributed by atoms with E-state index in [0.717, 1.165) is 0 Å². The third-order valence-electron chi connectivity index (χ3n) is 2.49. The molecule has 0 unspecified atom stereocenters. The van der Waals surface area contributed by atoms with Gasteiger partial charge in [-0.15, -0.1) is 0 Å². The molecule has 0 aliphatic carbocycles. The molecule has 0 radical (unpaired) electrons. The van der Waals surface area contributed by atoms with Crippen LogP contribution in [0.15, 0.2) is 24.3 Å². The molecule has 0 bridgehead atoms. The van der Waals surface area contributed by atoms with Crippen LogP contribution in [0.1, 0.15) is 28.8 Å². The van der Waals surface area contributed by atoms with E-state index in [0.29, 0.717) is 11.1 Å². The first-order valence-electron chi connectivity index (χ1n) is 5.87. The average molecular weight is 274 g/mol. The van der Waals surface area contributed by atoms with Crippen LogP contribution in [0.3, 0.4) is 0 Å². The molecule has 0 spiro atoms. The van der Waals surface area contributed by atoms with E-state index < -0.39 is 11.9 Å². The average Bonchev–Trinajstić information content (AvgIpc) is 2.50. The number of carbonyl (C=O) groups is 3. The van der Waals surface area contributed by atoms with Crippen molar-refractivity contribution in [3.05, 3.63) is 35.4 Å². The van der Waals surface area contributed by atoms with Crippen LogP contribution in [-0.2, 0) is 19.1 Å². The first kappa shape index (κ1) is 15.4. The molecular weight excluding hydrogens is 260 g/mol. The Hall–Kier alpha value is -2.61. The third-order valence-corrected chi connectivity index (χ3v) is 2.49. The number of methoxy groups -OCH3 is 2. The molecule has 0 heterocycles. The molecule has 0 N–H and O–H groups in total. The van der Waals surface area contributed by atoms with Gasteiger partial charge in [-0.25, -0.2) is 4.79 Å². The number of esters is 2. The Morgan fingerprint density at radius 1 is 1.00 bits per heavy atom. The van der Waals surface area contributed by atoms with Gasteiger partial charge >= 0.3 is 11.9 Å². The number of benzene rings is 1. The molecule has 1 aromatic carbocycles. The van der Waals surface area contributed by atoms with Crippen LogP contribution in [0, 0.1) is 11.8 Å². The molecule has 1 rings (SSSR count). The van der Waals surface area contributed by atoms with E-state index in [1.165, 1.54) is 14.2 Å². The first-order chi connectivity index (χ1) is 9.56. The summed E-state index contributed by atoms with van der Waals surface area (Å²) in [4.78, 5) is 33.6. The van der Waals surface area contributed by atoms with E-state index in [4.69, 9.17) is 0 Å². The quantitative estimate of drug-likeness (QED) is 0.471. The zero-order chi connectivity index (χ0) is 15.0. The van der Waals surface area contributed by atoms with Crippen molar-refractivity contribution in [3.8, 4) is 11.8 Å². The predicted octanol–water partition coefficient (Wildman–Crippen LogP) is 1.35. The van der Waals surface area contributed by atoms with Crippen LogP contribution in [-0.4, -0.2) is 31.9 Å². The van der Waals surface area contributed by atoms with Gasteiger partial charge in [-0.3, -0.25) is 9.59 Å². The van der Waals surface area contributed by atoms with Gasteiger partial charge in [0.05, 0.1) is 20.6 Å². The molecular formula is C15H14O5. The predicted molar refractivity (Wildman–Crippen MR) is 70.9 cm³/mol. The second-order valence-corrected chi connectivity index (χ2v) is 3.82. The number of hydrogen-bond donors (Lipinski definition) is 0. The van der Waals surface area contributed by atoms with Crippen molar-refractivity contribution in [1.29, 1.82) is 0 Å². The highest BCUT2D eigenvalue weighted by Gasteiger charge is 2.09. The Morgan fingerprint density at radius 3 is 2.20 bits per heavy atom. The number of ketones is 1. The highest BCUT2D eigenvalue weighted by atomic mass is 16.5. The van der Waals surface area contributed by atoms with Gasteiger partial charge in [0.15, 0.2) is 5.78 Å². The lowest BCUT2D eigenvalue weighted by Crippen LogP contribution is -2.05. The van der Waals surface area contributed by atoms with Crippen molar-refractivity contribution in [1.82, 2.24) is 0 Å². The SMILES string of the molecule is COC(=O)C#Cc1ccc(C(=O)CCC(=O)OC)cc1. The third kappa shape index (κ3) is 4.94. The minimum Gasteiger partial charge on any atom is -0.469 e. The number of ether oxygens (including phenoxy) is 2. The number of hydrogen-bond acceptors (Lipinski definition) is 5. The number of Topliss-reactive ketones (excluding diaryl/α,β-unsaturated/α-hetero) is 1. The largest absolute Gasteiger partial charge is 0.469 e. The van der Waals surface area contributed by atoms with Gasteiger partial charge in [0.25, 0.3) is 0 Å². The van der Waals surface area contributed by atoms with Crippen molar-refractivity contribution < 1.29 is 23.9 Å². The summed E-state index contributed by atoms with van der Waals surface area (Å²) in [5.74, 6) is 3.71. The molecule has 0 fully saturated rings. The molecule has 1 aromatic rings. The maximum Gasteiger partial charge on any atom is 0.384 e. The van der Waals surface area contributed by atoms with Gasteiger partial charge < -0.3 is 9.47 Å². The summed E-state index contributed by atoms with van der Waals surface area (Å²) in [5.41, 5.74) is 1.08. The summed E-state index contributed by atoms with van der Waals surface area (Å²) < 4.78 is 8.86. The van der Waals surface area contributed by atoms with Crippen molar-refractivity contribution in [3.63, 3.8) is 0 Å². The summed E-state index contributed by atoms with van der Waals surface area (Å²) in [7, 11) is 2.53. The van der Waals surface area contributed by atoms with E-state index in [1.807, 2.05) is 0 Å². The maximum absolute atomic E-state index is 11.8. The summed E-state index contributed by atoms with van der Waals surface area (Å²) in [6, 6.07) is 6.45. The smallest absolute Gasteiger partial charge is 0.384 e. The fourth-order valence-corrected chi connectivity index (χ4v) is 1.38. The van der Waals surface area contributed by atoms with E-state index in [1.54, 1.807) is 24.3 Å². The Kier molecular flexibility index (Phi) is 5.98. The summed E-state index contributed by atoms with van der Waals surface area (Å²) in [6.07, 6.45) is 0.152. The lowest BCUT2D eigenvalue weighted by atomic mass is 10.0. The molecule has 0 aromatic heterocycles. The molecule has 20 heavy (non-hydrogen) atoms. The lowest BCUT2D eigenvalue weighted by molar-refractivity contribution is -0.140. The van der Waals surface area contributed by atoms with Gasteiger partial charge in [0.1, 0.15) is 0 Å². The Balaban J connectivity index is 2.66. The van der Waals surface area contributed by atoms with E-state index in [2.05, 4.69) is 21.3 Å². The second-order valence-electron chi connectivity index (χ2n) is 3.82. The molecule has 5 heteroatoms. The Bertz CT molecular complexity index is 560. The van der Waals surface area contributed by atoms with Crippen molar-refractivity contribution >= 4 is 17.7 Å². The van der Waals surface area contributed by atoms with Crippen LogP contribution in [0.2, 0.25) is 0 Å². The summed E-state index contributed by atoms with van der Waals surface area (Å²) >= 11 is 0. The van der Waals surface area contributed by atoms with Gasteiger partial charge in [0.2, 0.25) is 0 Å². The van der Waals surface area contributed by atoms with Gasteiger partial charge in [-0.1, -0.05) is 18.1 Å². The van der Waals surface area contributed by atoms with Crippen molar-refractivity contribution in [2.75, 3.05) is 14.2 Å². The number of rotatable bonds is 4. The van der Waals surface area contributed by atoms with Crippen LogP contribution >= 0.6 is 0 Å². The molecule has 0 aliphatic heterocycles. The zero-order valence-corrected chi connectivity index (χ0v) is 11.3. The first-order valence-corrected chi connectivity index (χ1v) is 5.87. The maximum atomic E-state index is 11.8. The minimum atomic E-state index is -0.622. The minimum absolute atomic E-state index is 0.0548. The second kappa shape index (κ2) is 7.74. The van der Waals surface area contributed by atoms with Gasteiger partial charge in [-0.05, 0) is 12.1 Å². The standard InChI is InChI=1S/C15H14O5/c1-19-14(17)9-5-11-3-6-12(7-4-11)13(16)8-10-15(18)20-2/h3-4,6-7H,8,10H2,1-2H3. The van der Waals surface area contributed by atoms with E-state index >= 15 is 0 Å². The van der Waals surface area contributed by atoms with Gasteiger partial charge in [-0.2, -0.15) is 0 Å². The van der Waals surface area contributed by atoms with Crippen LogP contribution in [0.25, 0.3) is 0 Å². The molecule has 0 aliphatic rings.